The molecule has 0 aliphatic heterocycles. The second-order valence-corrected chi connectivity index (χ2v) is 5.13. The molecule has 0 aromatic rings. The molecule has 0 fully saturated rings. The summed E-state index contributed by atoms with van der Waals surface area (Å²) in [5.74, 6) is -0.0609. The Kier molecular flexibility index (Phi) is 11.8. The van der Waals surface area contributed by atoms with Crippen LogP contribution in [0, 0.1) is 0 Å². The van der Waals surface area contributed by atoms with Crippen LogP contribution < -0.4 is 0 Å². The summed E-state index contributed by atoms with van der Waals surface area (Å²) in [6.07, 6.45) is 10.5. The molecule has 0 rings (SSSR count). The predicted octanol–water partition coefficient (Wildman–Crippen LogP) is 3.17. The minimum absolute atomic E-state index is 0.0173. The number of rotatable bonds is 12. The Labute approximate surface area is 135 Å². The van der Waals surface area contributed by atoms with Crippen LogP contribution in [-0.2, 0) is 9.59 Å². The summed E-state index contributed by atoms with van der Waals surface area (Å²) >= 11 is 0. The Balaban J connectivity index is 4.27. The maximum atomic E-state index is 11.7. The average molecular weight is 306 g/mol. The largest absolute Gasteiger partial charge is 0.339 e. The van der Waals surface area contributed by atoms with Crippen LogP contribution in [0.5, 0.6) is 0 Å². The highest BCUT2D eigenvalue weighted by Gasteiger charge is 2.08. The third kappa shape index (κ3) is 8.45. The third-order valence-electron chi connectivity index (χ3n) is 3.31. The van der Waals surface area contributed by atoms with Gasteiger partial charge in [-0.2, -0.15) is 0 Å². The van der Waals surface area contributed by atoms with Gasteiger partial charge in [-0.1, -0.05) is 45.6 Å². The van der Waals surface area contributed by atoms with E-state index in [1.54, 1.807) is 4.90 Å². The van der Waals surface area contributed by atoms with Gasteiger partial charge < -0.3 is 9.80 Å². The normalized spacial score (nSPS) is 10.5. The van der Waals surface area contributed by atoms with Crippen molar-refractivity contribution in [1.82, 2.24) is 9.80 Å². The quantitative estimate of drug-likeness (QED) is 0.410. The SMILES string of the molecule is C=CC(=O)N(CC=CCCN(CCCC)C(=O)C=C)CCC. The van der Waals surface area contributed by atoms with Crippen molar-refractivity contribution in [1.29, 1.82) is 0 Å². The molecule has 124 valence electrons. The average Bonchev–Trinajstić information content (AvgIpc) is 2.54. The van der Waals surface area contributed by atoms with Crippen LogP contribution in [0.2, 0.25) is 0 Å². The number of carbonyl (C=O) groups excluding carboxylic acids is 2. The van der Waals surface area contributed by atoms with Crippen molar-refractivity contribution in [2.45, 2.75) is 39.5 Å². The van der Waals surface area contributed by atoms with Crippen LogP contribution in [-0.4, -0.2) is 47.8 Å². The summed E-state index contributed by atoms with van der Waals surface area (Å²) in [6.45, 7) is 14.0. The van der Waals surface area contributed by atoms with E-state index in [9.17, 15) is 9.59 Å². The summed E-state index contributed by atoms with van der Waals surface area (Å²) in [4.78, 5) is 26.9. The van der Waals surface area contributed by atoms with Crippen molar-refractivity contribution in [3.05, 3.63) is 37.5 Å². The van der Waals surface area contributed by atoms with E-state index in [0.717, 1.165) is 38.8 Å². The molecule has 0 aromatic carbocycles. The van der Waals surface area contributed by atoms with E-state index in [0.29, 0.717) is 13.1 Å². The first-order valence-electron chi connectivity index (χ1n) is 8.08. The summed E-state index contributed by atoms with van der Waals surface area (Å²) in [5.41, 5.74) is 0. The highest BCUT2D eigenvalue weighted by atomic mass is 16.2. The fourth-order valence-corrected chi connectivity index (χ4v) is 2.05. The summed E-state index contributed by atoms with van der Waals surface area (Å²) < 4.78 is 0. The van der Waals surface area contributed by atoms with Crippen LogP contribution in [0.3, 0.4) is 0 Å². The zero-order valence-corrected chi connectivity index (χ0v) is 14.1. The molecule has 0 unspecified atom stereocenters. The van der Waals surface area contributed by atoms with Crippen molar-refractivity contribution >= 4 is 11.8 Å². The monoisotopic (exact) mass is 306 g/mol. The van der Waals surface area contributed by atoms with Gasteiger partial charge in [0.25, 0.3) is 0 Å². The van der Waals surface area contributed by atoms with E-state index in [1.807, 2.05) is 24.0 Å². The van der Waals surface area contributed by atoms with Gasteiger partial charge in [-0.05, 0) is 31.4 Å². The van der Waals surface area contributed by atoms with Gasteiger partial charge in [0.1, 0.15) is 0 Å². The van der Waals surface area contributed by atoms with E-state index in [1.165, 1.54) is 12.2 Å². The number of carbonyl (C=O) groups is 2. The third-order valence-corrected chi connectivity index (χ3v) is 3.31. The summed E-state index contributed by atoms with van der Waals surface area (Å²) in [7, 11) is 0. The topological polar surface area (TPSA) is 40.6 Å². The summed E-state index contributed by atoms with van der Waals surface area (Å²) in [5, 5.41) is 0. The fraction of sp³-hybridized carbons (Fsp3) is 0.556. The van der Waals surface area contributed by atoms with Crippen LogP contribution in [0.1, 0.15) is 39.5 Å². The zero-order valence-electron chi connectivity index (χ0n) is 14.1. The number of unbranched alkanes of at least 4 members (excludes halogenated alkanes) is 1. The second-order valence-electron chi connectivity index (χ2n) is 5.13. The lowest BCUT2D eigenvalue weighted by molar-refractivity contribution is -0.126. The maximum absolute atomic E-state index is 11.7. The maximum Gasteiger partial charge on any atom is 0.246 e. The van der Waals surface area contributed by atoms with Gasteiger partial charge in [0.15, 0.2) is 0 Å². The molecule has 22 heavy (non-hydrogen) atoms. The number of nitrogens with zero attached hydrogens (tertiary/aromatic N) is 2. The Morgan fingerprint density at radius 3 is 2.05 bits per heavy atom. The van der Waals surface area contributed by atoms with Gasteiger partial charge in [0.2, 0.25) is 11.8 Å². The molecule has 0 aliphatic carbocycles. The molecule has 4 nitrogen and oxygen atoms in total. The molecule has 0 aliphatic rings. The zero-order chi connectivity index (χ0) is 16.8. The standard InChI is InChI=1S/C18H30N2O2/c1-5-9-14-20(18(22)8-4)16-12-10-11-15-19(13-6-2)17(21)7-3/h7-8,10-11H,3-6,9,12-16H2,1-2H3. The number of hydrogen-bond acceptors (Lipinski definition) is 2. The van der Waals surface area contributed by atoms with Crippen LogP contribution >= 0.6 is 0 Å². The van der Waals surface area contributed by atoms with Gasteiger partial charge in [0.05, 0.1) is 0 Å². The van der Waals surface area contributed by atoms with Crippen LogP contribution in [0.4, 0.5) is 0 Å². The van der Waals surface area contributed by atoms with Crippen LogP contribution in [0.15, 0.2) is 37.5 Å². The Bertz CT molecular complexity index is 389. The summed E-state index contributed by atoms with van der Waals surface area (Å²) in [6, 6.07) is 0. The molecule has 0 atom stereocenters. The highest BCUT2D eigenvalue weighted by Crippen LogP contribution is 2.00. The molecule has 0 saturated heterocycles. The van der Waals surface area contributed by atoms with Crippen molar-refractivity contribution in [2.75, 3.05) is 26.2 Å². The van der Waals surface area contributed by atoms with Crippen molar-refractivity contribution in [3.63, 3.8) is 0 Å². The van der Waals surface area contributed by atoms with Crippen molar-refractivity contribution < 1.29 is 9.59 Å². The molecular formula is C18H30N2O2. The predicted molar refractivity (Wildman–Crippen MR) is 92.5 cm³/mol. The molecule has 0 heterocycles. The lowest BCUT2D eigenvalue weighted by Crippen LogP contribution is -2.31. The lowest BCUT2D eigenvalue weighted by Gasteiger charge is -2.20. The fourth-order valence-electron chi connectivity index (χ4n) is 2.05. The Morgan fingerprint density at radius 1 is 0.864 bits per heavy atom. The first-order valence-corrected chi connectivity index (χ1v) is 8.08. The molecule has 0 aromatic heterocycles. The minimum atomic E-state index is -0.0436. The number of hydrogen-bond donors (Lipinski definition) is 0. The highest BCUT2D eigenvalue weighted by molar-refractivity contribution is 5.87. The van der Waals surface area contributed by atoms with E-state index in [2.05, 4.69) is 20.1 Å². The van der Waals surface area contributed by atoms with Crippen molar-refractivity contribution in [2.24, 2.45) is 0 Å². The van der Waals surface area contributed by atoms with Crippen LogP contribution in [0.25, 0.3) is 0 Å². The first-order chi connectivity index (χ1) is 10.6. The minimum Gasteiger partial charge on any atom is -0.339 e. The molecular weight excluding hydrogens is 276 g/mol. The Morgan fingerprint density at radius 2 is 1.50 bits per heavy atom. The smallest absolute Gasteiger partial charge is 0.246 e. The first kappa shape index (κ1) is 20.2. The van der Waals surface area contributed by atoms with Gasteiger partial charge in [0, 0.05) is 26.2 Å². The lowest BCUT2D eigenvalue weighted by atomic mass is 10.2. The van der Waals surface area contributed by atoms with Gasteiger partial charge in [-0.25, -0.2) is 0 Å². The molecule has 0 N–H and O–H groups in total. The van der Waals surface area contributed by atoms with Gasteiger partial charge in [-0.3, -0.25) is 9.59 Å². The molecule has 4 heteroatoms. The molecule has 0 saturated carbocycles. The van der Waals surface area contributed by atoms with Gasteiger partial charge in [-0.15, -0.1) is 0 Å². The molecule has 0 radical (unpaired) electrons. The van der Waals surface area contributed by atoms with E-state index in [-0.39, 0.29) is 11.8 Å². The molecule has 0 bridgehead atoms. The second kappa shape index (κ2) is 12.9. The number of amides is 2. The molecule has 0 spiro atoms. The van der Waals surface area contributed by atoms with E-state index < -0.39 is 0 Å². The van der Waals surface area contributed by atoms with Gasteiger partial charge >= 0.3 is 0 Å². The molecule has 2 amide bonds. The Hall–Kier alpha value is -1.84. The van der Waals surface area contributed by atoms with E-state index in [4.69, 9.17) is 0 Å². The van der Waals surface area contributed by atoms with E-state index >= 15 is 0 Å². The van der Waals surface area contributed by atoms with Crippen molar-refractivity contribution in [3.8, 4) is 0 Å².